The molecule has 1 heterocycles. The van der Waals surface area contributed by atoms with E-state index in [-0.39, 0.29) is 21.9 Å². The molecule has 0 unspecified atom stereocenters. The van der Waals surface area contributed by atoms with Gasteiger partial charge in [0, 0.05) is 17.7 Å². The minimum atomic E-state index is -4.30. The van der Waals surface area contributed by atoms with Crippen LogP contribution in [0.2, 0.25) is 0 Å². The number of ether oxygens (including phenoxy) is 1. The van der Waals surface area contributed by atoms with Gasteiger partial charge in [-0.25, -0.2) is 4.98 Å². The predicted molar refractivity (Wildman–Crippen MR) is 126 cm³/mol. The SMILES string of the molecule is CCOc1ccc2nc(NC(=O)c3ccc(OS(=O)(=O)c4cccc([N+](=O)[O-])c4)cc3)sc2c1. The van der Waals surface area contributed by atoms with E-state index in [1.807, 2.05) is 13.0 Å². The van der Waals surface area contributed by atoms with Crippen molar-refractivity contribution in [1.82, 2.24) is 4.98 Å². The lowest BCUT2D eigenvalue weighted by Gasteiger charge is -2.08. The number of nitro benzene ring substituents is 1. The summed E-state index contributed by atoms with van der Waals surface area (Å²) in [6.45, 7) is 2.43. The average Bonchev–Trinajstić information content (AvgIpc) is 3.21. The lowest BCUT2D eigenvalue weighted by Crippen LogP contribution is -2.12. The monoisotopic (exact) mass is 499 g/mol. The number of carbonyl (C=O) groups is 1. The van der Waals surface area contributed by atoms with Crippen molar-refractivity contribution in [3.05, 3.63) is 82.4 Å². The molecule has 1 N–H and O–H groups in total. The fourth-order valence-electron chi connectivity index (χ4n) is 2.97. The maximum absolute atomic E-state index is 12.6. The molecule has 0 bridgehead atoms. The minimum Gasteiger partial charge on any atom is -0.494 e. The summed E-state index contributed by atoms with van der Waals surface area (Å²) in [7, 11) is -4.30. The molecule has 0 atom stereocenters. The summed E-state index contributed by atoms with van der Waals surface area (Å²) in [4.78, 5) is 26.8. The maximum Gasteiger partial charge on any atom is 0.339 e. The minimum absolute atomic E-state index is 0.0495. The first-order valence-corrected chi connectivity index (χ1v) is 12.1. The number of nitrogens with one attached hydrogen (secondary N) is 1. The molecule has 10 nitrogen and oxygen atoms in total. The van der Waals surface area contributed by atoms with Gasteiger partial charge in [-0.2, -0.15) is 8.42 Å². The molecule has 0 aliphatic heterocycles. The summed E-state index contributed by atoms with van der Waals surface area (Å²) in [5.41, 5.74) is 0.605. The molecular formula is C22H17N3O7S2. The highest BCUT2D eigenvalue weighted by Gasteiger charge is 2.20. The quantitative estimate of drug-likeness (QED) is 0.210. The van der Waals surface area contributed by atoms with E-state index in [4.69, 9.17) is 8.92 Å². The number of nitrogens with zero attached hydrogens (tertiary/aromatic N) is 2. The van der Waals surface area contributed by atoms with Gasteiger partial charge in [0.05, 0.1) is 21.7 Å². The van der Waals surface area contributed by atoms with Crippen LogP contribution < -0.4 is 14.2 Å². The van der Waals surface area contributed by atoms with Crippen molar-refractivity contribution in [2.75, 3.05) is 11.9 Å². The Morgan fingerprint density at radius 3 is 2.53 bits per heavy atom. The molecule has 12 heteroatoms. The van der Waals surface area contributed by atoms with Crippen LogP contribution in [0.1, 0.15) is 17.3 Å². The third-order valence-corrected chi connectivity index (χ3v) is 6.71. The van der Waals surface area contributed by atoms with E-state index in [1.54, 1.807) is 12.1 Å². The Balaban J connectivity index is 1.46. The van der Waals surface area contributed by atoms with Crippen molar-refractivity contribution >= 4 is 48.4 Å². The summed E-state index contributed by atoms with van der Waals surface area (Å²) in [6, 6.07) is 15.4. The molecule has 4 aromatic rings. The first kappa shape index (κ1) is 23.1. The van der Waals surface area contributed by atoms with Gasteiger partial charge in [0.15, 0.2) is 5.13 Å². The molecule has 4 rings (SSSR count). The van der Waals surface area contributed by atoms with Crippen LogP contribution in [0.15, 0.2) is 71.6 Å². The number of benzene rings is 3. The number of nitro groups is 1. The van der Waals surface area contributed by atoms with Gasteiger partial charge in [-0.05, 0) is 55.5 Å². The number of rotatable bonds is 8. The lowest BCUT2D eigenvalue weighted by molar-refractivity contribution is -0.385. The molecule has 0 saturated heterocycles. The molecule has 0 aliphatic carbocycles. The van der Waals surface area contributed by atoms with E-state index in [1.165, 1.54) is 53.8 Å². The standard InChI is InChI=1S/C22H17N3O7S2/c1-2-31-17-10-11-19-20(13-17)33-22(23-19)24-21(26)14-6-8-16(9-7-14)32-34(29,30)18-5-3-4-15(12-18)25(27)28/h3-13H,2H2,1H3,(H,23,24,26). The zero-order valence-corrected chi connectivity index (χ0v) is 19.3. The average molecular weight is 500 g/mol. The van der Waals surface area contributed by atoms with Crippen LogP contribution in [0.25, 0.3) is 10.2 Å². The lowest BCUT2D eigenvalue weighted by atomic mass is 10.2. The highest BCUT2D eigenvalue weighted by Crippen LogP contribution is 2.30. The van der Waals surface area contributed by atoms with E-state index in [0.717, 1.165) is 16.3 Å². The van der Waals surface area contributed by atoms with E-state index < -0.39 is 20.9 Å². The van der Waals surface area contributed by atoms with Crippen molar-refractivity contribution in [3.63, 3.8) is 0 Å². The molecule has 0 aliphatic rings. The smallest absolute Gasteiger partial charge is 0.339 e. The molecule has 3 aromatic carbocycles. The molecule has 174 valence electrons. The number of fused-ring (bicyclic) bond motifs is 1. The van der Waals surface area contributed by atoms with Crippen LogP contribution in [0.4, 0.5) is 10.8 Å². The number of aromatic nitrogens is 1. The van der Waals surface area contributed by atoms with Crippen molar-refractivity contribution in [2.45, 2.75) is 11.8 Å². The van der Waals surface area contributed by atoms with E-state index in [2.05, 4.69) is 10.3 Å². The molecule has 0 radical (unpaired) electrons. The number of anilines is 1. The molecule has 34 heavy (non-hydrogen) atoms. The van der Waals surface area contributed by atoms with E-state index >= 15 is 0 Å². The summed E-state index contributed by atoms with van der Waals surface area (Å²) in [5.74, 6) is 0.232. The molecule has 0 saturated carbocycles. The Bertz CT molecular complexity index is 1480. The Kier molecular flexibility index (Phi) is 6.43. The van der Waals surface area contributed by atoms with Gasteiger partial charge < -0.3 is 8.92 Å². The van der Waals surface area contributed by atoms with Gasteiger partial charge in [0.25, 0.3) is 11.6 Å². The Morgan fingerprint density at radius 1 is 1.09 bits per heavy atom. The van der Waals surface area contributed by atoms with Crippen LogP contribution in [0.5, 0.6) is 11.5 Å². The summed E-state index contributed by atoms with van der Waals surface area (Å²) in [6.07, 6.45) is 0. The Hall–Kier alpha value is -4.03. The first-order chi connectivity index (χ1) is 16.2. The largest absolute Gasteiger partial charge is 0.494 e. The Morgan fingerprint density at radius 2 is 1.82 bits per heavy atom. The first-order valence-electron chi connectivity index (χ1n) is 9.89. The van der Waals surface area contributed by atoms with Crippen LogP contribution >= 0.6 is 11.3 Å². The number of thiazole rings is 1. The molecule has 0 spiro atoms. The predicted octanol–water partition coefficient (Wildman–Crippen LogP) is 4.62. The number of carbonyl (C=O) groups excluding carboxylic acids is 1. The normalized spacial score (nSPS) is 11.2. The number of non-ortho nitro benzene ring substituents is 1. The molecular weight excluding hydrogens is 482 g/mol. The second-order valence-corrected chi connectivity index (χ2v) is 9.43. The van der Waals surface area contributed by atoms with Gasteiger partial charge in [-0.1, -0.05) is 17.4 Å². The van der Waals surface area contributed by atoms with Crippen molar-refractivity contribution in [2.24, 2.45) is 0 Å². The maximum atomic E-state index is 12.6. The second kappa shape index (κ2) is 9.45. The molecule has 0 fully saturated rings. The van der Waals surface area contributed by atoms with Gasteiger partial charge in [0.1, 0.15) is 16.4 Å². The Labute approximate surface area is 198 Å². The molecule has 1 aromatic heterocycles. The van der Waals surface area contributed by atoms with Crippen molar-refractivity contribution in [1.29, 1.82) is 0 Å². The zero-order valence-electron chi connectivity index (χ0n) is 17.6. The highest BCUT2D eigenvalue weighted by atomic mass is 32.2. The van der Waals surface area contributed by atoms with Gasteiger partial charge in [0.2, 0.25) is 0 Å². The molecule has 1 amide bonds. The summed E-state index contributed by atoms with van der Waals surface area (Å²) in [5, 5.41) is 14.0. The van der Waals surface area contributed by atoms with Crippen molar-refractivity contribution in [3.8, 4) is 11.5 Å². The summed E-state index contributed by atoms with van der Waals surface area (Å²) >= 11 is 1.30. The van der Waals surface area contributed by atoms with Gasteiger partial charge >= 0.3 is 10.1 Å². The van der Waals surface area contributed by atoms with Crippen LogP contribution in [-0.4, -0.2) is 30.8 Å². The van der Waals surface area contributed by atoms with Gasteiger partial charge in [-0.3, -0.25) is 20.2 Å². The highest BCUT2D eigenvalue weighted by molar-refractivity contribution is 7.87. The van der Waals surface area contributed by atoms with Crippen LogP contribution in [0, 0.1) is 10.1 Å². The second-order valence-electron chi connectivity index (χ2n) is 6.85. The zero-order chi connectivity index (χ0) is 24.3. The third-order valence-electron chi connectivity index (χ3n) is 4.53. The fraction of sp³-hybridized carbons (Fsp3) is 0.0909. The summed E-state index contributed by atoms with van der Waals surface area (Å²) < 4.78 is 36.3. The van der Waals surface area contributed by atoms with Gasteiger partial charge in [-0.15, -0.1) is 0 Å². The fourth-order valence-corrected chi connectivity index (χ4v) is 4.83. The number of hydrogen-bond acceptors (Lipinski definition) is 9. The third kappa shape index (κ3) is 5.13. The topological polar surface area (TPSA) is 138 Å². The number of amides is 1. The van der Waals surface area contributed by atoms with Crippen LogP contribution in [-0.2, 0) is 10.1 Å². The van der Waals surface area contributed by atoms with Crippen molar-refractivity contribution < 1.29 is 27.1 Å². The van der Waals surface area contributed by atoms with E-state index in [9.17, 15) is 23.3 Å². The van der Waals surface area contributed by atoms with Crippen LogP contribution in [0.3, 0.4) is 0 Å². The van der Waals surface area contributed by atoms with E-state index in [0.29, 0.717) is 17.5 Å². The number of hydrogen-bond donors (Lipinski definition) is 1.